The van der Waals surface area contributed by atoms with Gasteiger partial charge in [0.25, 0.3) is 0 Å². The fourth-order valence-electron chi connectivity index (χ4n) is 1.16. The first-order valence-electron chi connectivity index (χ1n) is 5.08. The van der Waals surface area contributed by atoms with Crippen molar-refractivity contribution in [3.63, 3.8) is 0 Å². The predicted molar refractivity (Wildman–Crippen MR) is 63.7 cm³/mol. The topological polar surface area (TPSA) is 53.2 Å². The molecule has 0 bridgehead atoms. The molecule has 102 valence electrons. The molecular formula is C10H14F3N3OS. The molecule has 0 aromatic carbocycles. The van der Waals surface area contributed by atoms with Crippen LogP contribution in [-0.2, 0) is 24.6 Å². The third-order valence-electron chi connectivity index (χ3n) is 2.05. The molecule has 8 heteroatoms. The van der Waals surface area contributed by atoms with E-state index in [9.17, 15) is 17.7 Å². The minimum absolute atomic E-state index is 0.192. The molecule has 0 aliphatic rings. The predicted octanol–water partition coefficient (Wildman–Crippen LogP) is 2.32. The summed E-state index contributed by atoms with van der Waals surface area (Å²) in [6.45, 7) is 5.07. The van der Waals surface area contributed by atoms with Gasteiger partial charge in [-0.2, -0.15) is 18.3 Å². The SMILES string of the molecule is Cn1ncc(/C=N/[S+]([O-])C(C)(C)C)c1C(F)(F)F. The lowest BCUT2D eigenvalue weighted by Crippen LogP contribution is -2.26. The lowest BCUT2D eigenvalue weighted by molar-refractivity contribution is -0.143. The minimum atomic E-state index is -4.52. The molecule has 0 saturated heterocycles. The largest absolute Gasteiger partial charge is 0.591 e. The first kappa shape index (κ1) is 15.0. The summed E-state index contributed by atoms with van der Waals surface area (Å²) >= 11 is -1.60. The highest BCUT2D eigenvalue weighted by Gasteiger charge is 2.37. The third-order valence-corrected chi connectivity index (χ3v) is 3.39. The van der Waals surface area contributed by atoms with E-state index in [1.54, 1.807) is 20.8 Å². The minimum Gasteiger partial charge on any atom is -0.591 e. The first-order chi connectivity index (χ1) is 8.03. The molecule has 0 aliphatic carbocycles. The second-order valence-electron chi connectivity index (χ2n) is 4.67. The molecule has 0 aliphatic heterocycles. The van der Waals surface area contributed by atoms with Crippen LogP contribution in [0.1, 0.15) is 32.0 Å². The van der Waals surface area contributed by atoms with Crippen LogP contribution in [0.4, 0.5) is 13.2 Å². The van der Waals surface area contributed by atoms with Gasteiger partial charge in [-0.15, -0.1) is 0 Å². The van der Waals surface area contributed by atoms with Gasteiger partial charge in [-0.25, -0.2) is 0 Å². The smallest absolute Gasteiger partial charge is 0.433 e. The van der Waals surface area contributed by atoms with Crippen molar-refractivity contribution in [2.75, 3.05) is 0 Å². The van der Waals surface area contributed by atoms with E-state index in [1.165, 1.54) is 7.05 Å². The van der Waals surface area contributed by atoms with Crippen LogP contribution >= 0.6 is 0 Å². The van der Waals surface area contributed by atoms with Crippen LogP contribution in [0.2, 0.25) is 0 Å². The van der Waals surface area contributed by atoms with Gasteiger partial charge >= 0.3 is 6.18 Å². The zero-order chi connectivity index (χ0) is 14.1. The molecule has 0 radical (unpaired) electrons. The van der Waals surface area contributed by atoms with Gasteiger partial charge in [-0.05, 0) is 20.8 Å². The van der Waals surface area contributed by atoms with Crippen molar-refractivity contribution in [1.29, 1.82) is 0 Å². The molecular weight excluding hydrogens is 267 g/mol. The molecule has 1 aromatic heterocycles. The van der Waals surface area contributed by atoms with Gasteiger partial charge in [0, 0.05) is 12.6 Å². The molecule has 18 heavy (non-hydrogen) atoms. The number of aryl methyl sites for hydroxylation is 1. The van der Waals surface area contributed by atoms with Crippen molar-refractivity contribution in [1.82, 2.24) is 9.78 Å². The zero-order valence-electron chi connectivity index (χ0n) is 10.4. The van der Waals surface area contributed by atoms with Gasteiger partial charge in [0.05, 0.1) is 12.4 Å². The van der Waals surface area contributed by atoms with E-state index in [0.29, 0.717) is 0 Å². The van der Waals surface area contributed by atoms with Crippen LogP contribution < -0.4 is 0 Å². The van der Waals surface area contributed by atoms with Gasteiger partial charge in [0.15, 0.2) is 5.69 Å². The van der Waals surface area contributed by atoms with E-state index in [1.807, 2.05) is 0 Å². The maximum Gasteiger partial charge on any atom is 0.433 e. The Bertz CT molecular complexity index is 448. The summed E-state index contributed by atoms with van der Waals surface area (Å²) in [7, 11) is 1.20. The quantitative estimate of drug-likeness (QED) is 0.617. The summed E-state index contributed by atoms with van der Waals surface area (Å²) in [5.41, 5.74) is -1.10. The average Bonchev–Trinajstić information content (AvgIpc) is 2.53. The van der Waals surface area contributed by atoms with Gasteiger partial charge in [0.1, 0.15) is 16.1 Å². The molecule has 1 atom stereocenters. The van der Waals surface area contributed by atoms with Crippen molar-refractivity contribution in [3.8, 4) is 0 Å². The molecule has 0 amide bonds. The van der Waals surface area contributed by atoms with E-state index in [0.717, 1.165) is 17.1 Å². The number of alkyl halides is 3. The van der Waals surface area contributed by atoms with Crippen LogP contribution in [0.15, 0.2) is 10.6 Å². The Kier molecular flexibility index (Phi) is 4.12. The summed E-state index contributed by atoms with van der Waals surface area (Å²) in [6.07, 6.45) is -2.51. The number of halogens is 3. The van der Waals surface area contributed by atoms with Crippen molar-refractivity contribution < 1.29 is 17.7 Å². The summed E-state index contributed by atoms with van der Waals surface area (Å²) < 4.78 is 53.5. The summed E-state index contributed by atoms with van der Waals surface area (Å²) in [5.74, 6) is 0. The molecule has 0 spiro atoms. The number of hydrogen-bond acceptors (Lipinski definition) is 3. The standard InChI is InChI=1S/C10H14F3N3OS/c1-9(2,3)18(17)15-6-7-5-14-16(4)8(7)10(11,12)13/h5-6H,1-4H3/b15-6+. The van der Waals surface area contributed by atoms with E-state index in [4.69, 9.17) is 0 Å². The van der Waals surface area contributed by atoms with Crippen molar-refractivity contribution in [3.05, 3.63) is 17.5 Å². The van der Waals surface area contributed by atoms with E-state index in [2.05, 4.69) is 9.50 Å². The Morgan fingerprint density at radius 1 is 1.39 bits per heavy atom. The van der Waals surface area contributed by atoms with Crippen LogP contribution in [-0.4, -0.2) is 25.3 Å². The molecule has 0 saturated carbocycles. The Balaban J connectivity index is 3.03. The zero-order valence-corrected chi connectivity index (χ0v) is 11.3. The van der Waals surface area contributed by atoms with Crippen molar-refractivity contribution in [2.45, 2.75) is 31.7 Å². The summed E-state index contributed by atoms with van der Waals surface area (Å²) in [6, 6.07) is 0. The molecule has 1 heterocycles. The fourth-order valence-corrected chi connectivity index (χ4v) is 1.68. The van der Waals surface area contributed by atoms with Gasteiger partial charge in [-0.1, -0.05) is 4.40 Å². The molecule has 0 fully saturated rings. The molecule has 0 N–H and O–H groups in total. The lowest BCUT2D eigenvalue weighted by Gasteiger charge is -2.17. The van der Waals surface area contributed by atoms with Crippen LogP contribution in [0.3, 0.4) is 0 Å². The Labute approximate surface area is 106 Å². The Morgan fingerprint density at radius 2 is 1.94 bits per heavy atom. The second-order valence-corrected chi connectivity index (χ2v) is 6.60. The van der Waals surface area contributed by atoms with Crippen molar-refractivity contribution in [2.24, 2.45) is 11.4 Å². The normalized spacial score (nSPS) is 15.3. The van der Waals surface area contributed by atoms with Crippen LogP contribution in [0.25, 0.3) is 0 Å². The number of hydrogen-bond donors (Lipinski definition) is 0. The maximum absolute atomic E-state index is 12.7. The second kappa shape index (κ2) is 4.93. The average molecular weight is 281 g/mol. The Hall–Kier alpha value is -1.02. The monoisotopic (exact) mass is 281 g/mol. The summed E-state index contributed by atoms with van der Waals surface area (Å²) in [5, 5.41) is 3.53. The lowest BCUT2D eigenvalue weighted by atomic mass is 10.2. The van der Waals surface area contributed by atoms with Gasteiger partial charge < -0.3 is 4.55 Å². The van der Waals surface area contributed by atoms with E-state index >= 15 is 0 Å². The Morgan fingerprint density at radius 3 is 2.39 bits per heavy atom. The van der Waals surface area contributed by atoms with Gasteiger partial charge in [0.2, 0.25) is 0 Å². The van der Waals surface area contributed by atoms with E-state index < -0.39 is 28.0 Å². The van der Waals surface area contributed by atoms with E-state index in [-0.39, 0.29) is 5.56 Å². The van der Waals surface area contributed by atoms with Gasteiger partial charge in [-0.3, -0.25) is 4.68 Å². The first-order valence-corrected chi connectivity index (χ1v) is 6.19. The highest BCUT2D eigenvalue weighted by molar-refractivity contribution is 7.91. The highest BCUT2D eigenvalue weighted by atomic mass is 32.2. The molecule has 1 unspecified atom stereocenters. The maximum atomic E-state index is 12.7. The fraction of sp³-hybridized carbons (Fsp3) is 0.600. The molecule has 1 aromatic rings. The highest BCUT2D eigenvalue weighted by Crippen LogP contribution is 2.31. The van der Waals surface area contributed by atoms with Crippen molar-refractivity contribution >= 4 is 17.6 Å². The summed E-state index contributed by atoms with van der Waals surface area (Å²) in [4.78, 5) is 0. The van der Waals surface area contributed by atoms with Crippen LogP contribution in [0, 0.1) is 0 Å². The third kappa shape index (κ3) is 3.49. The van der Waals surface area contributed by atoms with Crippen LogP contribution in [0.5, 0.6) is 0 Å². The number of nitrogens with zero attached hydrogens (tertiary/aromatic N) is 3. The number of aromatic nitrogens is 2. The molecule has 4 nitrogen and oxygen atoms in total. The number of rotatable bonds is 2. The molecule has 1 rings (SSSR count).